The minimum Gasteiger partial charge on any atom is -0.301 e. The highest BCUT2D eigenvalue weighted by Gasteiger charge is 2.27. The van der Waals surface area contributed by atoms with Crippen LogP contribution in [0.2, 0.25) is 0 Å². The molecule has 3 aromatic rings. The van der Waals surface area contributed by atoms with E-state index in [9.17, 15) is 14.9 Å². The molecule has 27 heavy (non-hydrogen) atoms. The Morgan fingerprint density at radius 3 is 2.74 bits per heavy atom. The van der Waals surface area contributed by atoms with E-state index in [4.69, 9.17) is 0 Å². The Labute approximate surface area is 154 Å². The average Bonchev–Trinajstić information content (AvgIpc) is 3.24. The average molecular weight is 366 g/mol. The minimum absolute atomic E-state index is 0.00685. The molecule has 1 amide bonds. The normalized spacial score (nSPS) is 13.2. The summed E-state index contributed by atoms with van der Waals surface area (Å²) in [5.41, 5.74) is 2.16. The van der Waals surface area contributed by atoms with Crippen LogP contribution in [0.1, 0.15) is 34.5 Å². The van der Waals surface area contributed by atoms with Gasteiger partial charge in [-0.25, -0.2) is 0 Å². The van der Waals surface area contributed by atoms with E-state index in [0.29, 0.717) is 11.4 Å². The Morgan fingerprint density at radius 2 is 2.04 bits per heavy atom. The number of nitrogens with zero attached hydrogens (tertiary/aromatic N) is 5. The standard InChI is InChI=1S/C18H18N6O3/c1-12-14-9-5-6-10-22(14)21-16(12)23-17(15(11-19-23)24(26)27)20-18(25)13-7-3-2-4-8-13/h2-4,7-8,11H,5-6,9-10H2,1H3,(H,20,25). The Bertz CT molecular complexity index is 1020. The zero-order chi connectivity index (χ0) is 19.0. The number of anilines is 1. The van der Waals surface area contributed by atoms with Gasteiger partial charge in [-0.3, -0.25) is 19.6 Å². The zero-order valence-corrected chi connectivity index (χ0v) is 14.8. The summed E-state index contributed by atoms with van der Waals surface area (Å²) in [6, 6.07) is 8.54. The molecule has 0 fully saturated rings. The molecular formula is C18H18N6O3. The highest BCUT2D eigenvalue weighted by Crippen LogP contribution is 2.30. The second-order valence-corrected chi connectivity index (χ2v) is 6.44. The van der Waals surface area contributed by atoms with E-state index in [1.54, 1.807) is 30.3 Å². The van der Waals surface area contributed by atoms with Gasteiger partial charge in [-0.05, 0) is 38.3 Å². The van der Waals surface area contributed by atoms with Crippen LogP contribution in [0, 0.1) is 17.0 Å². The molecule has 0 unspecified atom stereocenters. The van der Waals surface area contributed by atoms with Crippen molar-refractivity contribution in [2.45, 2.75) is 32.7 Å². The maximum atomic E-state index is 12.5. The predicted molar refractivity (Wildman–Crippen MR) is 98.1 cm³/mol. The quantitative estimate of drug-likeness (QED) is 0.564. The van der Waals surface area contributed by atoms with Crippen molar-refractivity contribution in [2.24, 2.45) is 0 Å². The molecule has 0 aliphatic carbocycles. The van der Waals surface area contributed by atoms with Crippen LogP contribution in [-0.4, -0.2) is 30.4 Å². The SMILES string of the molecule is Cc1c(-n2ncc([N+](=O)[O-])c2NC(=O)c2ccccc2)nn2c1CCCC2. The summed E-state index contributed by atoms with van der Waals surface area (Å²) in [5, 5.41) is 22.8. The number of aromatic nitrogens is 4. The van der Waals surface area contributed by atoms with Gasteiger partial charge >= 0.3 is 5.69 Å². The molecule has 1 N–H and O–H groups in total. The zero-order valence-electron chi connectivity index (χ0n) is 14.8. The molecule has 0 atom stereocenters. The first-order valence-electron chi connectivity index (χ1n) is 8.71. The molecule has 1 aromatic carbocycles. The maximum Gasteiger partial charge on any atom is 0.331 e. The van der Waals surface area contributed by atoms with Crippen molar-refractivity contribution in [1.29, 1.82) is 0 Å². The van der Waals surface area contributed by atoms with Crippen LogP contribution < -0.4 is 5.32 Å². The first kappa shape index (κ1) is 17.0. The Balaban J connectivity index is 1.78. The van der Waals surface area contributed by atoms with Crippen molar-refractivity contribution >= 4 is 17.4 Å². The van der Waals surface area contributed by atoms with Gasteiger partial charge in [0, 0.05) is 23.4 Å². The van der Waals surface area contributed by atoms with E-state index in [1.807, 2.05) is 11.6 Å². The number of aryl methyl sites for hydroxylation is 1. The first-order valence-corrected chi connectivity index (χ1v) is 8.71. The number of nitro groups is 1. The summed E-state index contributed by atoms with van der Waals surface area (Å²) in [5.74, 6) is 0.0674. The Hall–Kier alpha value is -3.49. The smallest absolute Gasteiger partial charge is 0.301 e. The topological polar surface area (TPSA) is 108 Å². The van der Waals surface area contributed by atoms with Crippen molar-refractivity contribution in [2.75, 3.05) is 5.32 Å². The molecule has 9 heteroatoms. The highest BCUT2D eigenvalue weighted by atomic mass is 16.6. The van der Waals surface area contributed by atoms with Gasteiger partial charge in [0.1, 0.15) is 6.20 Å². The van der Waals surface area contributed by atoms with E-state index in [-0.39, 0.29) is 11.5 Å². The Morgan fingerprint density at radius 1 is 1.26 bits per heavy atom. The van der Waals surface area contributed by atoms with Gasteiger partial charge in [-0.2, -0.15) is 14.9 Å². The van der Waals surface area contributed by atoms with E-state index in [2.05, 4.69) is 15.5 Å². The number of nitrogens with one attached hydrogen (secondary N) is 1. The molecule has 0 saturated heterocycles. The second kappa shape index (κ2) is 6.67. The molecule has 2 aromatic heterocycles. The van der Waals surface area contributed by atoms with Crippen LogP contribution in [0.5, 0.6) is 0 Å². The summed E-state index contributed by atoms with van der Waals surface area (Å²) in [4.78, 5) is 23.4. The summed E-state index contributed by atoms with van der Waals surface area (Å²) < 4.78 is 3.27. The number of benzene rings is 1. The van der Waals surface area contributed by atoms with Gasteiger partial charge in [0.25, 0.3) is 5.91 Å². The maximum absolute atomic E-state index is 12.5. The summed E-state index contributed by atoms with van der Waals surface area (Å²) in [6.07, 6.45) is 4.18. The van der Waals surface area contributed by atoms with E-state index in [0.717, 1.165) is 43.3 Å². The van der Waals surface area contributed by atoms with Crippen LogP contribution in [0.25, 0.3) is 5.82 Å². The molecule has 9 nitrogen and oxygen atoms in total. The molecule has 3 heterocycles. The number of hydrogen-bond acceptors (Lipinski definition) is 5. The van der Waals surface area contributed by atoms with Crippen molar-refractivity contribution < 1.29 is 9.72 Å². The fraction of sp³-hybridized carbons (Fsp3) is 0.278. The lowest BCUT2D eigenvalue weighted by Crippen LogP contribution is -2.16. The fourth-order valence-corrected chi connectivity index (χ4v) is 3.35. The third-order valence-corrected chi connectivity index (χ3v) is 4.74. The summed E-state index contributed by atoms with van der Waals surface area (Å²) >= 11 is 0. The lowest BCUT2D eigenvalue weighted by Gasteiger charge is -2.12. The largest absolute Gasteiger partial charge is 0.331 e. The molecule has 138 valence electrons. The minimum atomic E-state index is -0.560. The number of carbonyl (C=O) groups is 1. The van der Waals surface area contributed by atoms with E-state index in [1.165, 1.54) is 4.68 Å². The molecule has 1 aliphatic heterocycles. The van der Waals surface area contributed by atoms with Crippen LogP contribution >= 0.6 is 0 Å². The van der Waals surface area contributed by atoms with Crippen molar-refractivity contribution in [3.05, 3.63) is 63.5 Å². The van der Waals surface area contributed by atoms with E-state index < -0.39 is 10.8 Å². The number of carbonyl (C=O) groups excluding carboxylic acids is 1. The van der Waals surface area contributed by atoms with Crippen LogP contribution in [0.4, 0.5) is 11.5 Å². The number of hydrogen-bond donors (Lipinski definition) is 1. The van der Waals surface area contributed by atoms with Gasteiger partial charge in [0.05, 0.1) is 4.92 Å². The van der Waals surface area contributed by atoms with Crippen LogP contribution in [-0.2, 0) is 13.0 Å². The highest BCUT2D eigenvalue weighted by molar-refractivity contribution is 6.04. The Kier molecular flexibility index (Phi) is 4.19. The fourth-order valence-electron chi connectivity index (χ4n) is 3.35. The van der Waals surface area contributed by atoms with Crippen LogP contribution in [0.15, 0.2) is 36.5 Å². The number of amides is 1. The van der Waals surface area contributed by atoms with Crippen molar-refractivity contribution in [3.8, 4) is 5.82 Å². The van der Waals surface area contributed by atoms with Gasteiger partial charge in [0.2, 0.25) is 5.82 Å². The third kappa shape index (κ3) is 2.97. The molecule has 0 radical (unpaired) electrons. The third-order valence-electron chi connectivity index (χ3n) is 4.74. The molecule has 1 aliphatic rings. The molecule has 0 spiro atoms. The lowest BCUT2D eigenvalue weighted by atomic mass is 10.1. The number of rotatable bonds is 4. The summed E-state index contributed by atoms with van der Waals surface area (Å²) in [7, 11) is 0. The van der Waals surface area contributed by atoms with Gasteiger partial charge in [0.15, 0.2) is 5.82 Å². The molecule has 0 bridgehead atoms. The second-order valence-electron chi connectivity index (χ2n) is 6.44. The lowest BCUT2D eigenvalue weighted by molar-refractivity contribution is -0.384. The van der Waals surface area contributed by atoms with Crippen LogP contribution in [0.3, 0.4) is 0 Å². The summed E-state index contributed by atoms with van der Waals surface area (Å²) in [6.45, 7) is 2.74. The van der Waals surface area contributed by atoms with Gasteiger partial charge in [-0.1, -0.05) is 18.2 Å². The van der Waals surface area contributed by atoms with Crippen molar-refractivity contribution in [1.82, 2.24) is 19.6 Å². The molecular weight excluding hydrogens is 348 g/mol. The van der Waals surface area contributed by atoms with Gasteiger partial charge < -0.3 is 5.32 Å². The van der Waals surface area contributed by atoms with Crippen molar-refractivity contribution in [3.63, 3.8) is 0 Å². The van der Waals surface area contributed by atoms with E-state index >= 15 is 0 Å². The molecule has 4 rings (SSSR count). The number of fused-ring (bicyclic) bond motifs is 1. The monoisotopic (exact) mass is 366 g/mol. The van der Waals surface area contributed by atoms with Gasteiger partial charge in [-0.15, -0.1) is 0 Å². The first-order chi connectivity index (χ1) is 13.1. The predicted octanol–water partition coefficient (Wildman–Crippen LogP) is 2.87. The molecule has 0 saturated carbocycles.